The quantitative estimate of drug-likeness (QED) is 0.761. The second-order valence-corrected chi connectivity index (χ2v) is 6.42. The van der Waals surface area contributed by atoms with Crippen LogP contribution in [0, 0.1) is 0 Å². The van der Waals surface area contributed by atoms with E-state index in [0.717, 1.165) is 25.7 Å². The molecule has 0 unspecified atom stereocenters. The Labute approximate surface area is 82.5 Å². The van der Waals surface area contributed by atoms with Crippen LogP contribution >= 0.6 is 11.3 Å². The van der Waals surface area contributed by atoms with Crippen LogP contribution < -0.4 is 0 Å². The molecule has 1 aromatic heterocycles. The summed E-state index contributed by atoms with van der Waals surface area (Å²) in [5.41, 5.74) is 0. The van der Waals surface area contributed by atoms with Gasteiger partial charge in [0.25, 0.3) is 0 Å². The first-order chi connectivity index (χ1) is 6.21. The van der Waals surface area contributed by atoms with Gasteiger partial charge in [-0.3, -0.25) is 0 Å². The number of sulfone groups is 1. The largest absolute Gasteiger partial charge is 0.223 e. The summed E-state index contributed by atoms with van der Waals surface area (Å²) in [6.45, 7) is 0. The van der Waals surface area contributed by atoms with Crippen molar-refractivity contribution in [3.8, 4) is 0 Å². The molecule has 1 aromatic rings. The van der Waals surface area contributed by atoms with E-state index in [9.17, 15) is 8.42 Å². The molecule has 13 heavy (non-hydrogen) atoms. The average molecular weight is 216 g/mol. The van der Waals surface area contributed by atoms with Gasteiger partial charge in [0.15, 0.2) is 9.84 Å². The fraction of sp³-hybridized carbons (Fsp3) is 0.556. The lowest BCUT2D eigenvalue weighted by Gasteiger charge is -2.08. The zero-order chi connectivity index (χ0) is 9.31. The first-order valence-electron chi connectivity index (χ1n) is 4.47. The Kier molecular flexibility index (Phi) is 2.43. The number of hydrogen-bond donors (Lipinski definition) is 0. The Morgan fingerprint density at radius 1 is 1.31 bits per heavy atom. The van der Waals surface area contributed by atoms with Gasteiger partial charge in [0, 0.05) is 5.38 Å². The van der Waals surface area contributed by atoms with Crippen LogP contribution in [0.3, 0.4) is 0 Å². The Morgan fingerprint density at radius 3 is 2.54 bits per heavy atom. The van der Waals surface area contributed by atoms with Gasteiger partial charge in [0.05, 0.1) is 10.1 Å². The van der Waals surface area contributed by atoms with Crippen LogP contribution in [0.1, 0.15) is 25.7 Å². The standard InChI is InChI=1S/C9H12O2S2/c10-13(11,8-3-1-2-4-8)9-5-6-12-7-9/h5-8H,1-4H2. The van der Waals surface area contributed by atoms with Crippen molar-refractivity contribution in [3.05, 3.63) is 16.8 Å². The van der Waals surface area contributed by atoms with E-state index in [1.807, 2.05) is 5.38 Å². The van der Waals surface area contributed by atoms with Gasteiger partial charge >= 0.3 is 0 Å². The van der Waals surface area contributed by atoms with Crippen molar-refractivity contribution in [1.82, 2.24) is 0 Å². The lowest BCUT2D eigenvalue weighted by atomic mass is 10.4. The fourth-order valence-electron chi connectivity index (χ4n) is 1.80. The van der Waals surface area contributed by atoms with Gasteiger partial charge in [-0.25, -0.2) is 8.42 Å². The van der Waals surface area contributed by atoms with Crippen molar-refractivity contribution in [2.75, 3.05) is 0 Å². The summed E-state index contributed by atoms with van der Waals surface area (Å²) in [6.07, 6.45) is 3.82. The van der Waals surface area contributed by atoms with Crippen LogP contribution in [0.15, 0.2) is 21.7 Å². The molecule has 1 heterocycles. The summed E-state index contributed by atoms with van der Waals surface area (Å²) in [4.78, 5) is 0.518. The highest BCUT2D eigenvalue weighted by molar-refractivity contribution is 7.92. The van der Waals surface area contributed by atoms with E-state index in [2.05, 4.69) is 0 Å². The van der Waals surface area contributed by atoms with Crippen LogP contribution in [0.2, 0.25) is 0 Å². The van der Waals surface area contributed by atoms with Crippen LogP contribution in [-0.2, 0) is 9.84 Å². The number of hydrogen-bond acceptors (Lipinski definition) is 3. The molecular formula is C9H12O2S2. The lowest BCUT2D eigenvalue weighted by molar-refractivity contribution is 0.580. The molecule has 1 aliphatic carbocycles. The molecule has 1 fully saturated rings. The monoisotopic (exact) mass is 216 g/mol. The second-order valence-electron chi connectivity index (χ2n) is 3.41. The predicted molar refractivity (Wildman–Crippen MR) is 53.8 cm³/mol. The van der Waals surface area contributed by atoms with Gasteiger partial charge in [0.2, 0.25) is 0 Å². The first kappa shape index (κ1) is 9.21. The highest BCUT2D eigenvalue weighted by atomic mass is 32.2. The molecule has 2 nitrogen and oxygen atoms in total. The maximum Gasteiger partial charge on any atom is 0.182 e. The summed E-state index contributed by atoms with van der Waals surface area (Å²) >= 11 is 1.45. The number of rotatable bonds is 2. The van der Waals surface area contributed by atoms with E-state index in [1.54, 1.807) is 11.4 Å². The minimum Gasteiger partial charge on any atom is -0.223 e. The van der Waals surface area contributed by atoms with E-state index in [-0.39, 0.29) is 5.25 Å². The Balaban J connectivity index is 2.30. The van der Waals surface area contributed by atoms with Crippen molar-refractivity contribution in [1.29, 1.82) is 0 Å². The zero-order valence-electron chi connectivity index (χ0n) is 7.27. The Hall–Kier alpha value is -0.350. The first-order valence-corrected chi connectivity index (χ1v) is 6.96. The zero-order valence-corrected chi connectivity index (χ0v) is 8.90. The molecule has 0 amide bonds. The van der Waals surface area contributed by atoms with Gasteiger partial charge in [-0.1, -0.05) is 12.8 Å². The molecule has 72 valence electrons. The minimum absolute atomic E-state index is 0.109. The molecule has 1 saturated carbocycles. The lowest BCUT2D eigenvalue weighted by Crippen LogP contribution is -2.16. The molecule has 0 bridgehead atoms. The van der Waals surface area contributed by atoms with E-state index < -0.39 is 9.84 Å². The van der Waals surface area contributed by atoms with Gasteiger partial charge in [-0.05, 0) is 24.3 Å². The highest BCUT2D eigenvalue weighted by Gasteiger charge is 2.30. The smallest absolute Gasteiger partial charge is 0.182 e. The van der Waals surface area contributed by atoms with Crippen LogP contribution in [0.5, 0.6) is 0 Å². The molecule has 4 heteroatoms. The number of thiophene rings is 1. The van der Waals surface area contributed by atoms with Crippen molar-refractivity contribution in [2.45, 2.75) is 35.8 Å². The molecule has 0 N–H and O–H groups in total. The Bertz CT molecular complexity index is 358. The van der Waals surface area contributed by atoms with Crippen molar-refractivity contribution in [2.24, 2.45) is 0 Å². The molecule has 0 aromatic carbocycles. The molecule has 2 rings (SSSR count). The second kappa shape index (κ2) is 3.42. The average Bonchev–Trinajstić information content (AvgIpc) is 2.78. The molecule has 0 radical (unpaired) electrons. The Morgan fingerprint density at radius 2 is 2.00 bits per heavy atom. The van der Waals surface area contributed by atoms with Crippen molar-refractivity contribution in [3.63, 3.8) is 0 Å². The van der Waals surface area contributed by atoms with Crippen LogP contribution in [0.4, 0.5) is 0 Å². The van der Waals surface area contributed by atoms with Crippen molar-refractivity contribution >= 4 is 21.2 Å². The molecule has 1 aliphatic rings. The van der Waals surface area contributed by atoms with Gasteiger partial charge in [0.1, 0.15) is 0 Å². The topological polar surface area (TPSA) is 34.1 Å². The molecular weight excluding hydrogens is 204 g/mol. The summed E-state index contributed by atoms with van der Waals surface area (Å²) in [6, 6.07) is 1.71. The van der Waals surface area contributed by atoms with Gasteiger partial charge < -0.3 is 0 Å². The maximum atomic E-state index is 11.9. The van der Waals surface area contributed by atoms with E-state index in [1.165, 1.54) is 11.3 Å². The fourth-order valence-corrected chi connectivity index (χ4v) is 4.71. The van der Waals surface area contributed by atoms with E-state index >= 15 is 0 Å². The minimum atomic E-state index is -2.98. The highest BCUT2D eigenvalue weighted by Crippen LogP contribution is 2.30. The van der Waals surface area contributed by atoms with Gasteiger partial charge in [-0.2, -0.15) is 11.3 Å². The summed E-state index contributed by atoms with van der Waals surface area (Å²) in [5, 5.41) is 3.44. The normalized spacial score (nSPS) is 19.4. The third kappa shape index (κ3) is 1.65. The van der Waals surface area contributed by atoms with E-state index in [4.69, 9.17) is 0 Å². The predicted octanol–water partition coefficient (Wildman–Crippen LogP) is 2.46. The van der Waals surface area contributed by atoms with E-state index in [0.29, 0.717) is 4.90 Å². The van der Waals surface area contributed by atoms with Gasteiger partial charge in [-0.15, -0.1) is 0 Å². The molecule has 0 atom stereocenters. The third-order valence-electron chi connectivity index (χ3n) is 2.56. The SMILES string of the molecule is O=S(=O)(c1ccsc1)C1CCCC1. The third-order valence-corrected chi connectivity index (χ3v) is 5.66. The molecule has 0 saturated heterocycles. The summed E-state index contributed by atoms with van der Waals surface area (Å²) in [7, 11) is -2.98. The maximum absolute atomic E-state index is 11.9. The van der Waals surface area contributed by atoms with Crippen molar-refractivity contribution < 1.29 is 8.42 Å². The molecule has 0 aliphatic heterocycles. The summed E-state index contributed by atoms with van der Waals surface area (Å²) in [5.74, 6) is 0. The summed E-state index contributed by atoms with van der Waals surface area (Å²) < 4.78 is 23.8. The van der Waals surface area contributed by atoms with Crippen LogP contribution in [0.25, 0.3) is 0 Å². The van der Waals surface area contributed by atoms with Crippen LogP contribution in [-0.4, -0.2) is 13.7 Å². The molecule has 0 spiro atoms.